The number of fused-ring (bicyclic) bond motifs is 2. The molecule has 3 heterocycles. The monoisotopic (exact) mass is 593 g/mol. The van der Waals surface area contributed by atoms with Crippen molar-refractivity contribution in [3.05, 3.63) is 59.0 Å². The van der Waals surface area contributed by atoms with E-state index in [9.17, 15) is 14.7 Å². The Morgan fingerprint density at radius 2 is 1.91 bits per heavy atom. The average Bonchev–Trinajstić information content (AvgIpc) is 3.57. The molecule has 0 spiro atoms. The number of aliphatic hydroxyl groups excluding tert-OH is 1. The number of anilines is 2. The van der Waals surface area contributed by atoms with Gasteiger partial charge in [-0.1, -0.05) is 18.1 Å². The summed E-state index contributed by atoms with van der Waals surface area (Å²) in [6.07, 6.45) is -0.202. The average molecular weight is 594 g/mol. The summed E-state index contributed by atoms with van der Waals surface area (Å²) in [6.45, 7) is 9.12. The van der Waals surface area contributed by atoms with Crippen molar-refractivity contribution in [1.29, 1.82) is 0 Å². The molecule has 12 heteroatoms. The van der Waals surface area contributed by atoms with Gasteiger partial charge in [0.1, 0.15) is 23.2 Å². The van der Waals surface area contributed by atoms with Crippen LogP contribution >= 0.6 is 0 Å². The van der Waals surface area contributed by atoms with Crippen LogP contribution in [0.4, 0.5) is 16.2 Å². The molecule has 5 rings (SSSR count). The summed E-state index contributed by atoms with van der Waals surface area (Å²) in [7, 11) is 2.03. The summed E-state index contributed by atoms with van der Waals surface area (Å²) in [5.74, 6) is 2.41. The molecule has 0 radical (unpaired) electrons. The quantitative estimate of drug-likeness (QED) is 0.354. The fourth-order valence-electron chi connectivity index (χ4n) is 5.39. The summed E-state index contributed by atoms with van der Waals surface area (Å²) in [5.41, 5.74) is 3.31. The van der Waals surface area contributed by atoms with E-state index in [-0.39, 0.29) is 43.8 Å². The summed E-state index contributed by atoms with van der Waals surface area (Å²) < 4.78 is 22.7. The third kappa shape index (κ3) is 7.03. The smallest absolute Gasteiger partial charge is 0.323 e. The Bertz CT molecular complexity index is 1460. The van der Waals surface area contributed by atoms with Gasteiger partial charge >= 0.3 is 6.03 Å². The number of aryl methyl sites for hydroxylation is 2. The van der Waals surface area contributed by atoms with Crippen LogP contribution in [0.15, 0.2) is 40.9 Å². The number of rotatable bonds is 8. The van der Waals surface area contributed by atoms with Crippen molar-refractivity contribution in [2.24, 2.45) is 5.92 Å². The van der Waals surface area contributed by atoms with Crippen LogP contribution in [0.25, 0.3) is 0 Å². The van der Waals surface area contributed by atoms with Crippen LogP contribution in [0.3, 0.4) is 0 Å². The minimum Gasteiger partial charge on any atom is -0.488 e. The Balaban J connectivity index is 1.36. The van der Waals surface area contributed by atoms with Gasteiger partial charge in [0.05, 0.1) is 19.1 Å². The Labute approximate surface area is 250 Å². The van der Waals surface area contributed by atoms with E-state index in [2.05, 4.69) is 27.6 Å². The fraction of sp³-hybridized carbons (Fsp3) is 0.452. The van der Waals surface area contributed by atoms with Crippen LogP contribution < -0.4 is 24.8 Å². The first-order chi connectivity index (χ1) is 20.6. The zero-order chi connectivity index (χ0) is 30.7. The summed E-state index contributed by atoms with van der Waals surface area (Å²) in [5, 5.41) is 19.4. The van der Waals surface area contributed by atoms with Gasteiger partial charge in [-0.2, -0.15) is 0 Å². The fourth-order valence-corrected chi connectivity index (χ4v) is 5.39. The number of likely N-dealkylation sites (N-methyl/N-ethyl adjacent to an activating group) is 1. The van der Waals surface area contributed by atoms with Crippen molar-refractivity contribution in [3.63, 3.8) is 0 Å². The highest BCUT2D eigenvalue weighted by Gasteiger charge is 2.31. The maximum Gasteiger partial charge on any atom is 0.323 e. The van der Waals surface area contributed by atoms with E-state index < -0.39 is 6.03 Å². The third-order valence-electron chi connectivity index (χ3n) is 7.83. The molecule has 0 saturated heterocycles. The first-order valence-electron chi connectivity index (χ1n) is 14.4. The lowest BCUT2D eigenvalue weighted by molar-refractivity contribution is -0.134. The van der Waals surface area contributed by atoms with E-state index >= 15 is 0 Å². The van der Waals surface area contributed by atoms with Crippen LogP contribution in [-0.4, -0.2) is 77.7 Å². The second-order valence-corrected chi connectivity index (χ2v) is 11.4. The first-order valence-corrected chi connectivity index (χ1v) is 14.4. The van der Waals surface area contributed by atoms with Gasteiger partial charge in [-0.05, 0) is 63.7 Å². The molecular weight excluding hydrogens is 554 g/mol. The van der Waals surface area contributed by atoms with E-state index in [1.165, 1.54) is 0 Å². The number of nitrogens with zero attached hydrogens (tertiary/aromatic N) is 3. The topological polar surface area (TPSA) is 139 Å². The normalized spacial score (nSPS) is 18.8. The van der Waals surface area contributed by atoms with Crippen molar-refractivity contribution < 1.29 is 33.4 Å². The molecule has 0 fully saturated rings. The second kappa shape index (κ2) is 12.9. The van der Waals surface area contributed by atoms with Gasteiger partial charge in [-0.15, -0.1) is 0 Å². The number of aromatic nitrogens is 1. The van der Waals surface area contributed by atoms with Crippen LogP contribution in [0.2, 0.25) is 0 Å². The molecule has 3 amide bonds. The maximum absolute atomic E-state index is 13.5. The van der Waals surface area contributed by atoms with Crippen LogP contribution in [0, 0.1) is 19.8 Å². The highest BCUT2D eigenvalue weighted by molar-refractivity contribution is 6.00. The van der Waals surface area contributed by atoms with Gasteiger partial charge < -0.3 is 39.4 Å². The number of urea groups is 1. The van der Waals surface area contributed by atoms with Gasteiger partial charge in [-0.25, -0.2) is 4.79 Å². The van der Waals surface area contributed by atoms with Gasteiger partial charge in [0.15, 0.2) is 17.3 Å². The van der Waals surface area contributed by atoms with Gasteiger partial charge in [0.2, 0.25) is 12.7 Å². The molecule has 12 nitrogen and oxygen atoms in total. The van der Waals surface area contributed by atoms with E-state index in [4.69, 9.17) is 18.7 Å². The predicted molar refractivity (Wildman–Crippen MR) is 160 cm³/mol. The molecule has 43 heavy (non-hydrogen) atoms. The number of carbonyl (C=O) groups is 2. The molecule has 2 aliphatic heterocycles. The molecule has 230 valence electrons. The Morgan fingerprint density at radius 1 is 1.14 bits per heavy atom. The molecule has 2 aromatic carbocycles. The number of hydrogen-bond donors (Lipinski definition) is 3. The van der Waals surface area contributed by atoms with Crippen molar-refractivity contribution in [2.45, 2.75) is 52.8 Å². The largest absolute Gasteiger partial charge is 0.488 e. The number of hydrogen-bond acceptors (Lipinski definition) is 9. The van der Waals surface area contributed by atoms with E-state index in [1.807, 2.05) is 32.2 Å². The summed E-state index contributed by atoms with van der Waals surface area (Å²) in [4.78, 5) is 30.2. The van der Waals surface area contributed by atoms with Crippen molar-refractivity contribution in [1.82, 2.24) is 15.0 Å². The Morgan fingerprint density at radius 3 is 2.65 bits per heavy atom. The van der Waals surface area contributed by atoms with Crippen LogP contribution in [0.1, 0.15) is 36.4 Å². The molecule has 3 N–H and O–H groups in total. The van der Waals surface area contributed by atoms with E-state index in [1.54, 1.807) is 36.9 Å². The number of benzene rings is 2. The SMILES string of the molecule is Cc1noc(C)c1NC(=O)Nc1ccc2c(c1)CC(=O)N([C@H](C)CO)C[C@@H](C)[C@H](CN(C)Cc1ccc3c(c1)OCO3)O2. The van der Waals surface area contributed by atoms with E-state index in [0.29, 0.717) is 53.8 Å². The molecule has 3 aromatic rings. The van der Waals surface area contributed by atoms with Crippen molar-refractivity contribution >= 4 is 23.3 Å². The first kappa shape index (κ1) is 30.2. The van der Waals surface area contributed by atoms with Crippen LogP contribution in [-0.2, 0) is 17.8 Å². The predicted octanol–water partition coefficient (Wildman–Crippen LogP) is 3.95. The Kier molecular flexibility index (Phi) is 9.07. The highest BCUT2D eigenvalue weighted by atomic mass is 16.7. The highest BCUT2D eigenvalue weighted by Crippen LogP contribution is 2.33. The standard InChI is InChI=1S/C31H39N5O7/c1-18-13-36(19(2)16-37)29(38)12-23-11-24(32-31(39)33-30-20(3)34-43-21(30)4)7-9-25(23)42-28(18)15-35(5)14-22-6-8-26-27(10-22)41-17-40-26/h6-11,18-19,28,37H,12-17H2,1-5H3,(H2,32,33,39)/t18-,19-,28+/m1/s1. The molecular formula is C31H39N5O7. The minimum absolute atomic E-state index is 0.0401. The number of nitrogens with one attached hydrogen (secondary N) is 2. The molecule has 0 bridgehead atoms. The van der Waals surface area contributed by atoms with Crippen LogP contribution in [0.5, 0.6) is 17.2 Å². The zero-order valence-electron chi connectivity index (χ0n) is 25.2. The molecule has 3 atom stereocenters. The number of amides is 3. The van der Waals surface area contributed by atoms with Crippen molar-refractivity contribution in [2.75, 3.05) is 44.2 Å². The molecule has 0 saturated carbocycles. The molecule has 0 aliphatic carbocycles. The van der Waals surface area contributed by atoms with Gasteiger partial charge in [0.25, 0.3) is 0 Å². The lowest BCUT2D eigenvalue weighted by Crippen LogP contribution is -2.47. The lowest BCUT2D eigenvalue weighted by atomic mass is 10.0. The molecule has 0 unspecified atom stereocenters. The molecule has 1 aromatic heterocycles. The number of aliphatic hydroxyl groups is 1. The van der Waals surface area contributed by atoms with Gasteiger partial charge in [0, 0.05) is 36.8 Å². The maximum atomic E-state index is 13.5. The van der Waals surface area contributed by atoms with Gasteiger partial charge in [-0.3, -0.25) is 9.69 Å². The minimum atomic E-state index is -0.461. The Hall–Kier alpha value is -4.29. The number of carbonyl (C=O) groups excluding carboxylic acids is 2. The van der Waals surface area contributed by atoms with E-state index in [0.717, 1.165) is 17.1 Å². The third-order valence-corrected chi connectivity index (χ3v) is 7.83. The lowest BCUT2D eigenvalue weighted by Gasteiger charge is -2.34. The van der Waals surface area contributed by atoms with Crippen molar-refractivity contribution in [3.8, 4) is 17.2 Å². The summed E-state index contributed by atoms with van der Waals surface area (Å²) in [6, 6.07) is 10.4. The summed E-state index contributed by atoms with van der Waals surface area (Å²) >= 11 is 0. The zero-order valence-corrected chi connectivity index (χ0v) is 25.2. The molecule has 2 aliphatic rings. The second-order valence-electron chi connectivity index (χ2n) is 11.4. The number of ether oxygens (including phenoxy) is 3.